The van der Waals surface area contributed by atoms with E-state index in [1.807, 2.05) is 0 Å². The molecular weight excluding hydrogens is 445 g/mol. The van der Waals surface area contributed by atoms with Gasteiger partial charge in [0.25, 0.3) is 5.91 Å². The molecule has 0 radical (unpaired) electrons. The molecule has 1 amide bonds. The van der Waals surface area contributed by atoms with E-state index in [4.69, 9.17) is 5.26 Å². The smallest absolute Gasteiger partial charge is 0.379 e. The molecule has 0 saturated carbocycles. The van der Waals surface area contributed by atoms with Crippen LogP contribution in [0.15, 0.2) is 65.6 Å². The lowest BCUT2D eigenvalue weighted by Crippen LogP contribution is -2.45. The Kier molecular flexibility index (Phi) is 6.00. The van der Waals surface area contributed by atoms with Gasteiger partial charge in [-0.1, -0.05) is 36.4 Å². The van der Waals surface area contributed by atoms with Crippen molar-refractivity contribution in [2.45, 2.75) is 23.6 Å². The summed E-state index contributed by atoms with van der Waals surface area (Å²) in [6.07, 6.45) is -4.84. The maximum atomic E-state index is 13.1. The highest BCUT2D eigenvalue weighted by molar-refractivity contribution is 7.91. The number of anilines is 1. The van der Waals surface area contributed by atoms with Crippen LogP contribution in [0, 0.1) is 11.3 Å². The minimum absolute atomic E-state index is 0.0820. The van der Waals surface area contributed by atoms with Gasteiger partial charge in [0.2, 0.25) is 0 Å². The number of carbonyl (C=O) groups excluding carboxylic acids is 1. The number of benzene rings is 3. The molecule has 0 aromatic heterocycles. The van der Waals surface area contributed by atoms with Crippen molar-refractivity contribution >= 4 is 32.2 Å². The molecule has 3 aromatic rings. The molecule has 166 valence electrons. The van der Waals surface area contributed by atoms with E-state index >= 15 is 0 Å². The van der Waals surface area contributed by atoms with E-state index in [0.29, 0.717) is 16.8 Å². The van der Waals surface area contributed by atoms with Crippen LogP contribution in [0.2, 0.25) is 0 Å². The monoisotopic (exact) mass is 462 g/mol. The van der Waals surface area contributed by atoms with Crippen molar-refractivity contribution in [1.29, 1.82) is 5.26 Å². The first-order valence-electron chi connectivity index (χ1n) is 9.21. The van der Waals surface area contributed by atoms with Crippen LogP contribution in [0.3, 0.4) is 0 Å². The summed E-state index contributed by atoms with van der Waals surface area (Å²) >= 11 is 0. The van der Waals surface area contributed by atoms with Gasteiger partial charge in [0, 0.05) is 11.1 Å². The third-order valence-corrected chi connectivity index (χ3v) is 6.72. The molecule has 0 aliphatic rings. The lowest BCUT2D eigenvalue weighted by Gasteiger charge is -2.23. The van der Waals surface area contributed by atoms with Crippen molar-refractivity contribution in [3.8, 4) is 6.07 Å². The summed E-state index contributed by atoms with van der Waals surface area (Å²) in [5.74, 6) is -2.21. The second-order valence-corrected chi connectivity index (χ2v) is 9.29. The fourth-order valence-corrected chi connectivity index (χ4v) is 5.03. The molecule has 0 unspecified atom stereocenters. The first-order valence-corrected chi connectivity index (χ1v) is 10.9. The van der Waals surface area contributed by atoms with Crippen molar-refractivity contribution in [1.82, 2.24) is 0 Å². The topological polar surface area (TPSA) is 107 Å². The van der Waals surface area contributed by atoms with Crippen LogP contribution in [0.5, 0.6) is 0 Å². The third-order valence-electron chi connectivity index (χ3n) is 4.75. The average molecular weight is 462 g/mol. The summed E-state index contributed by atoms with van der Waals surface area (Å²) in [4.78, 5) is 12.5. The van der Waals surface area contributed by atoms with E-state index in [1.165, 1.54) is 18.2 Å². The zero-order valence-electron chi connectivity index (χ0n) is 16.6. The number of nitriles is 1. The number of hydrogen-bond donors (Lipinski definition) is 2. The van der Waals surface area contributed by atoms with Crippen LogP contribution in [-0.4, -0.2) is 30.8 Å². The average Bonchev–Trinajstić information content (AvgIpc) is 2.71. The molecule has 0 heterocycles. The standard InChI is InChI=1S/C22H17F3N2O4S/c1-21(29,13-32(30,31)19-8-4-6-14-5-2-3-7-17(14)19)20(28)27-16-10-9-15(12-26)18(11-16)22(23,24)25/h2-11,29H,13H2,1H3,(H,27,28)/t21-/m0/s1. The Morgan fingerprint density at radius 3 is 2.41 bits per heavy atom. The first-order chi connectivity index (χ1) is 14.8. The van der Waals surface area contributed by atoms with Crippen LogP contribution in [0.4, 0.5) is 18.9 Å². The molecule has 0 fully saturated rings. The van der Waals surface area contributed by atoms with Gasteiger partial charge < -0.3 is 10.4 Å². The van der Waals surface area contributed by atoms with Crippen LogP contribution in [0.1, 0.15) is 18.1 Å². The highest BCUT2D eigenvalue weighted by atomic mass is 32.2. The molecule has 0 aliphatic heterocycles. The molecule has 0 aliphatic carbocycles. The van der Waals surface area contributed by atoms with Crippen LogP contribution in [-0.2, 0) is 20.8 Å². The van der Waals surface area contributed by atoms with Gasteiger partial charge in [-0.05, 0) is 36.6 Å². The number of halogens is 3. The fraction of sp³-hybridized carbons (Fsp3) is 0.182. The van der Waals surface area contributed by atoms with E-state index in [2.05, 4.69) is 5.32 Å². The first kappa shape index (κ1) is 23.2. The van der Waals surface area contributed by atoms with Gasteiger partial charge in [0.05, 0.1) is 27.8 Å². The minimum atomic E-state index is -4.84. The molecule has 3 aromatic carbocycles. The number of alkyl halides is 3. The fourth-order valence-electron chi connectivity index (χ4n) is 3.20. The van der Waals surface area contributed by atoms with Gasteiger partial charge in [-0.15, -0.1) is 0 Å². The Morgan fingerprint density at radius 2 is 1.75 bits per heavy atom. The van der Waals surface area contributed by atoms with E-state index in [9.17, 15) is 31.5 Å². The molecule has 6 nitrogen and oxygen atoms in total. The van der Waals surface area contributed by atoms with E-state index in [-0.39, 0.29) is 10.6 Å². The number of nitrogens with one attached hydrogen (secondary N) is 1. The summed E-state index contributed by atoms with van der Waals surface area (Å²) in [6.45, 7) is 0.958. The van der Waals surface area contributed by atoms with Gasteiger partial charge in [0.1, 0.15) is 0 Å². The Bertz CT molecular complexity index is 1340. The van der Waals surface area contributed by atoms with Gasteiger partial charge in [-0.3, -0.25) is 4.79 Å². The lowest BCUT2D eigenvalue weighted by molar-refractivity contribution is -0.137. The van der Waals surface area contributed by atoms with Crippen molar-refractivity contribution in [2.75, 3.05) is 11.1 Å². The molecule has 0 spiro atoms. The number of hydrogen-bond acceptors (Lipinski definition) is 5. The van der Waals surface area contributed by atoms with Crippen molar-refractivity contribution in [2.24, 2.45) is 0 Å². The Morgan fingerprint density at radius 1 is 1.09 bits per heavy atom. The van der Waals surface area contributed by atoms with Crippen LogP contribution < -0.4 is 5.32 Å². The van der Waals surface area contributed by atoms with E-state index in [0.717, 1.165) is 19.1 Å². The molecule has 10 heteroatoms. The number of amides is 1. The zero-order valence-corrected chi connectivity index (χ0v) is 17.5. The van der Waals surface area contributed by atoms with E-state index in [1.54, 1.807) is 30.3 Å². The molecule has 32 heavy (non-hydrogen) atoms. The maximum Gasteiger partial charge on any atom is 0.417 e. The highest BCUT2D eigenvalue weighted by Gasteiger charge is 2.38. The number of nitrogens with zero attached hydrogens (tertiary/aromatic N) is 1. The van der Waals surface area contributed by atoms with Crippen molar-refractivity contribution in [3.05, 3.63) is 71.8 Å². The normalized spacial score (nSPS) is 13.9. The summed E-state index contributed by atoms with van der Waals surface area (Å²) in [6, 6.07) is 15.2. The number of fused-ring (bicyclic) bond motifs is 1. The zero-order chi connectivity index (χ0) is 23.7. The molecular formula is C22H17F3N2O4S. The van der Waals surface area contributed by atoms with Crippen molar-refractivity contribution in [3.63, 3.8) is 0 Å². The number of aliphatic hydroxyl groups is 1. The summed E-state index contributed by atoms with van der Waals surface area (Å²) < 4.78 is 65.3. The van der Waals surface area contributed by atoms with Gasteiger partial charge in [-0.25, -0.2) is 8.42 Å². The predicted octanol–water partition coefficient (Wildman–Crippen LogP) is 3.89. The number of sulfone groups is 1. The second-order valence-electron chi connectivity index (χ2n) is 7.33. The van der Waals surface area contributed by atoms with E-state index < -0.39 is 44.4 Å². The van der Waals surface area contributed by atoms with Gasteiger partial charge >= 0.3 is 6.18 Å². The number of rotatable bonds is 5. The number of carbonyl (C=O) groups is 1. The largest absolute Gasteiger partial charge is 0.417 e. The molecule has 0 bridgehead atoms. The summed E-state index contributed by atoms with van der Waals surface area (Å²) in [5.41, 5.74) is -4.70. The summed E-state index contributed by atoms with van der Waals surface area (Å²) in [5, 5.41) is 22.6. The van der Waals surface area contributed by atoms with Crippen molar-refractivity contribution < 1.29 is 31.5 Å². The van der Waals surface area contributed by atoms with Gasteiger partial charge in [-0.2, -0.15) is 18.4 Å². The summed E-state index contributed by atoms with van der Waals surface area (Å²) in [7, 11) is -4.16. The third kappa shape index (κ3) is 4.74. The predicted molar refractivity (Wildman–Crippen MR) is 111 cm³/mol. The van der Waals surface area contributed by atoms with Crippen LogP contribution >= 0.6 is 0 Å². The second kappa shape index (κ2) is 8.26. The highest BCUT2D eigenvalue weighted by Crippen LogP contribution is 2.34. The molecule has 1 atom stereocenters. The quantitative estimate of drug-likeness (QED) is 0.598. The molecule has 3 rings (SSSR count). The minimum Gasteiger partial charge on any atom is -0.379 e. The van der Waals surface area contributed by atoms with Crippen LogP contribution in [0.25, 0.3) is 10.8 Å². The molecule has 0 saturated heterocycles. The molecule has 2 N–H and O–H groups in total. The lowest BCUT2D eigenvalue weighted by atomic mass is 10.1. The Labute approximate surface area is 181 Å². The SMILES string of the molecule is C[C@](O)(CS(=O)(=O)c1cccc2ccccc12)C(=O)Nc1ccc(C#N)c(C(F)(F)F)c1. The Balaban J connectivity index is 1.88. The Hall–Kier alpha value is -3.42. The van der Waals surface area contributed by atoms with Gasteiger partial charge in [0.15, 0.2) is 15.4 Å². The maximum absolute atomic E-state index is 13.1.